The Hall–Kier alpha value is -2.95. The number of nitrogens with one attached hydrogen (secondary N) is 2. The lowest BCUT2D eigenvalue weighted by molar-refractivity contribution is -0.149. The van der Waals surface area contributed by atoms with Gasteiger partial charge in [0.25, 0.3) is 0 Å². The minimum Gasteiger partial charge on any atom is -0.508 e. The molecule has 36 heavy (non-hydrogen) atoms. The fourth-order valence-corrected chi connectivity index (χ4v) is 3.59. The highest BCUT2D eigenvalue weighted by Gasteiger charge is 2.43. The summed E-state index contributed by atoms with van der Waals surface area (Å²) < 4.78 is 9.92. The normalized spacial score (nSPS) is 13.2. The third kappa shape index (κ3) is 8.61. The van der Waals surface area contributed by atoms with Crippen LogP contribution in [-0.4, -0.2) is 70.5 Å². The van der Waals surface area contributed by atoms with Gasteiger partial charge in [0.05, 0.1) is 7.11 Å². The molecule has 2 atom stereocenters. The molecule has 1 rings (SSSR count). The van der Waals surface area contributed by atoms with Crippen molar-refractivity contribution in [2.24, 2.45) is 0 Å². The van der Waals surface area contributed by atoms with Crippen molar-refractivity contribution in [3.8, 4) is 5.75 Å². The summed E-state index contributed by atoms with van der Waals surface area (Å²) in [6, 6.07) is 2.26. The summed E-state index contributed by atoms with van der Waals surface area (Å²) in [5.74, 6) is -1.88. The molecule has 0 aliphatic heterocycles. The molecule has 202 valence electrons. The van der Waals surface area contributed by atoms with Gasteiger partial charge in [-0.3, -0.25) is 14.4 Å². The number of esters is 1. The van der Waals surface area contributed by atoms with Crippen LogP contribution in [-0.2, 0) is 23.9 Å². The van der Waals surface area contributed by atoms with Gasteiger partial charge in [0, 0.05) is 11.3 Å². The SMILES string of the molecule is CCC(C)(C)N(C(=O)C(CS)NC(=O)OC(C)(C)C)C(C(=O)NCC(=O)OC)c1ccc(O)c(C)c1. The Labute approximate surface area is 218 Å². The van der Waals surface area contributed by atoms with Gasteiger partial charge in [-0.05, 0) is 71.2 Å². The van der Waals surface area contributed by atoms with Crippen molar-refractivity contribution in [1.29, 1.82) is 0 Å². The second-order valence-corrected chi connectivity index (χ2v) is 10.4. The number of aromatic hydroxyl groups is 1. The van der Waals surface area contributed by atoms with E-state index in [0.29, 0.717) is 17.5 Å². The predicted octanol–water partition coefficient (Wildman–Crippen LogP) is 2.87. The van der Waals surface area contributed by atoms with Crippen LogP contribution in [0, 0.1) is 6.92 Å². The number of nitrogens with zero attached hydrogens (tertiary/aromatic N) is 1. The van der Waals surface area contributed by atoms with E-state index < -0.39 is 53.6 Å². The molecule has 2 unspecified atom stereocenters. The first-order valence-electron chi connectivity index (χ1n) is 11.7. The van der Waals surface area contributed by atoms with Crippen molar-refractivity contribution in [1.82, 2.24) is 15.5 Å². The van der Waals surface area contributed by atoms with E-state index in [2.05, 4.69) is 28.0 Å². The Morgan fingerprint density at radius 2 is 1.75 bits per heavy atom. The maximum Gasteiger partial charge on any atom is 0.408 e. The highest BCUT2D eigenvalue weighted by molar-refractivity contribution is 7.80. The average Bonchev–Trinajstić information content (AvgIpc) is 2.79. The standard InChI is InChI=1S/C25H39N3O7S/c1-9-25(6,7)28(22(32)17(14-36)27-23(33)35-24(3,4)5)20(21(31)26-13-19(30)34-8)16-10-11-18(29)15(2)12-16/h10-12,17,20,29,36H,9,13-14H2,1-8H3,(H,26,31)(H,27,33). The van der Waals surface area contributed by atoms with Crippen molar-refractivity contribution < 1.29 is 33.8 Å². The molecule has 10 nitrogen and oxygen atoms in total. The lowest BCUT2D eigenvalue weighted by atomic mass is 9.91. The molecule has 0 fully saturated rings. The van der Waals surface area contributed by atoms with Gasteiger partial charge in [-0.25, -0.2) is 4.79 Å². The Kier molecular flexibility index (Phi) is 11.1. The molecule has 0 aliphatic rings. The van der Waals surface area contributed by atoms with Crippen LogP contribution in [0.5, 0.6) is 5.75 Å². The monoisotopic (exact) mass is 525 g/mol. The van der Waals surface area contributed by atoms with Crippen LogP contribution in [0.25, 0.3) is 0 Å². The van der Waals surface area contributed by atoms with Crippen molar-refractivity contribution in [3.63, 3.8) is 0 Å². The number of carbonyl (C=O) groups excluding carboxylic acids is 4. The zero-order chi connectivity index (χ0) is 27.8. The Morgan fingerprint density at radius 1 is 1.14 bits per heavy atom. The van der Waals surface area contributed by atoms with Crippen LogP contribution in [0.2, 0.25) is 0 Å². The third-order valence-electron chi connectivity index (χ3n) is 5.60. The molecule has 0 aliphatic carbocycles. The summed E-state index contributed by atoms with van der Waals surface area (Å²) in [7, 11) is 1.20. The number of hydrogen-bond donors (Lipinski definition) is 4. The third-order valence-corrected chi connectivity index (χ3v) is 5.97. The number of thiol groups is 1. The summed E-state index contributed by atoms with van der Waals surface area (Å²) in [6.45, 7) is 11.8. The molecule has 0 spiro atoms. The molecule has 0 radical (unpaired) electrons. The molecular weight excluding hydrogens is 486 g/mol. The first kappa shape index (κ1) is 31.1. The summed E-state index contributed by atoms with van der Waals surface area (Å²) in [5, 5.41) is 15.1. The van der Waals surface area contributed by atoms with E-state index in [0.717, 1.165) is 0 Å². The molecule has 0 saturated carbocycles. The summed E-state index contributed by atoms with van der Waals surface area (Å²) in [4.78, 5) is 52.9. The van der Waals surface area contributed by atoms with Crippen LogP contribution >= 0.6 is 12.6 Å². The van der Waals surface area contributed by atoms with Crippen LogP contribution in [0.15, 0.2) is 18.2 Å². The fraction of sp³-hybridized carbons (Fsp3) is 0.600. The number of alkyl carbamates (subject to hydrolysis) is 1. The van der Waals surface area contributed by atoms with E-state index in [-0.39, 0.29) is 11.5 Å². The van der Waals surface area contributed by atoms with E-state index >= 15 is 0 Å². The fourth-order valence-electron chi connectivity index (χ4n) is 3.34. The minimum absolute atomic E-state index is 0.0277. The predicted molar refractivity (Wildman–Crippen MR) is 139 cm³/mol. The number of phenols is 1. The number of benzene rings is 1. The number of ether oxygens (including phenoxy) is 2. The largest absolute Gasteiger partial charge is 0.508 e. The van der Waals surface area contributed by atoms with Gasteiger partial charge in [0.15, 0.2) is 0 Å². The molecule has 11 heteroatoms. The number of methoxy groups -OCH3 is 1. The van der Waals surface area contributed by atoms with E-state index in [1.165, 1.54) is 24.1 Å². The van der Waals surface area contributed by atoms with E-state index in [1.807, 2.05) is 6.92 Å². The number of hydrogen-bond acceptors (Lipinski definition) is 8. The number of amides is 3. The van der Waals surface area contributed by atoms with Crippen molar-refractivity contribution in [2.45, 2.75) is 78.1 Å². The first-order chi connectivity index (χ1) is 16.6. The van der Waals surface area contributed by atoms with Crippen LogP contribution < -0.4 is 10.6 Å². The molecule has 0 heterocycles. The zero-order valence-electron chi connectivity index (χ0n) is 22.3. The topological polar surface area (TPSA) is 134 Å². The molecule has 1 aromatic rings. The van der Waals surface area contributed by atoms with Gasteiger partial charge in [-0.1, -0.05) is 13.0 Å². The minimum atomic E-state index is -1.20. The number of phenolic OH excluding ortho intramolecular Hbond substituents is 1. The maximum absolute atomic E-state index is 13.9. The second kappa shape index (κ2) is 12.8. The lowest BCUT2D eigenvalue weighted by Crippen LogP contribution is -2.60. The van der Waals surface area contributed by atoms with Gasteiger partial charge in [0.1, 0.15) is 30.0 Å². The second-order valence-electron chi connectivity index (χ2n) is 10.00. The Bertz CT molecular complexity index is 959. The van der Waals surface area contributed by atoms with Crippen molar-refractivity contribution >= 4 is 36.5 Å². The molecule has 3 amide bonds. The number of rotatable bonds is 10. The smallest absolute Gasteiger partial charge is 0.408 e. The lowest BCUT2D eigenvalue weighted by Gasteiger charge is -2.44. The highest BCUT2D eigenvalue weighted by atomic mass is 32.1. The maximum atomic E-state index is 13.9. The molecule has 0 saturated heterocycles. The van der Waals surface area contributed by atoms with Crippen molar-refractivity contribution in [3.05, 3.63) is 29.3 Å². The first-order valence-corrected chi connectivity index (χ1v) is 12.3. The van der Waals surface area contributed by atoms with E-state index in [9.17, 15) is 24.3 Å². The van der Waals surface area contributed by atoms with Crippen LogP contribution in [0.3, 0.4) is 0 Å². The molecule has 3 N–H and O–H groups in total. The zero-order valence-corrected chi connectivity index (χ0v) is 23.2. The van der Waals surface area contributed by atoms with Gasteiger partial charge in [-0.2, -0.15) is 12.6 Å². The van der Waals surface area contributed by atoms with Crippen LogP contribution in [0.1, 0.15) is 65.1 Å². The van der Waals surface area contributed by atoms with E-state index in [4.69, 9.17) is 4.74 Å². The van der Waals surface area contributed by atoms with Gasteiger partial charge >= 0.3 is 12.1 Å². The Morgan fingerprint density at radius 3 is 2.22 bits per heavy atom. The molecule has 0 aromatic heterocycles. The van der Waals surface area contributed by atoms with Gasteiger partial charge in [-0.15, -0.1) is 0 Å². The van der Waals surface area contributed by atoms with Crippen molar-refractivity contribution in [2.75, 3.05) is 19.4 Å². The number of carbonyl (C=O) groups is 4. The molecule has 1 aromatic carbocycles. The average molecular weight is 526 g/mol. The summed E-state index contributed by atoms with van der Waals surface area (Å²) >= 11 is 4.27. The summed E-state index contributed by atoms with van der Waals surface area (Å²) in [6.07, 6.45) is -0.334. The summed E-state index contributed by atoms with van der Waals surface area (Å²) in [5.41, 5.74) is -0.737. The van der Waals surface area contributed by atoms with Gasteiger partial charge in [0.2, 0.25) is 11.8 Å². The Balaban J connectivity index is 3.58. The molecule has 0 bridgehead atoms. The number of aryl methyl sites for hydroxylation is 1. The molecular formula is C25H39N3O7S. The van der Waals surface area contributed by atoms with E-state index in [1.54, 1.807) is 47.6 Å². The quantitative estimate of drug-likeness (QED) is 0.273. The highest BCUT2D eigenvalue weighted by Crippen LogP contribution is 2.34. The van der Waals surface area contributed by atoms with Crippen LogP contribution in [0.4, 0.5) is 4.79 Å². The van der Waals surface area contributed by atoms with Gasteiger partial charge < -0.3 is 30.1 Å².